The molecule has 0 saturated carbocycles. The first-order valence-corrected chi connectivity index (χ1v) is 6.50. The Labute approximate surface area is 114 Å². The van der Waals surface area contributed by atoms with Crippen LogP contribution >= 0.6 is 0 Å². The predicted octanol–water partition coefficient (Wildman–Crippen LogP) is 3.63. The van der Waals surface area contributed by atoms with Crippen molar-refractivity contribution < 1.29 is 4.79 Å². The second-order valence-electron chi connectivity index (χ2n) is 4.47. The number of para-hydroxylation sites is 1. The topological polar surface area (TPSA) is 29.1 Å². The van der Waals surface area contributed by atoms with Crippen molar-refractivity contribution in [3.05, 3.63) is 72.6 Å². The van der Waals surface area contributed by atoms with E-state index in [1.807, 2.05) is 54.6 Å². The molecule has 1 amide bonds. The quantitative estimate of drug-likeness (QED) is 0.865. The van der Waals surface area contributed by atoms with E-state index in [0.29, 0.717) is 6.42 Å². The Morgan fingerprint density at radius 1 is 1.00 bits per heavy atom. The Kier molecular flexibility index (Phi) is 4.73. The lowest BCUT2D eigenvalue weighted by Gasteiger charge is -2.10. The van der Waals surface area contributed by atoms with Crippen molar-refractivity contribution in [2.45, 2.75) is 19.3 Å². The largest absolute Gasteiger partial charge is 0.326 e. The Balaban J connectivity index is 2.03. The van der Waals surface area contributed by atoms with Crippen LogP contribution in [0.1, 0.15) is 17.5 Å². The van der Waals surface area contributed by atoms with Gasteiger partial charge in [0.2, 0.25) is 5.91 Å². The number of nitrogens with one attached hydrogen (secondary N) is 1. The lowest BCUT2D eigenvalue weighted by molar-refractivity contribution is -0.115. The molecule has 2 rings (SSSR count). The van der Waals surface area contributed by atoms with Crippen molar-refractivity contribution in [3.8, 4) is 0 Å². The van der Waals surface area contributed by atoms with E-state index in [0.717, 1.165) is 29.7 Å². The minimum absolute atomic E-state index is 0.0164. The van der Waals surface area contributed by atoms with Crippen LogP contribution in [-0.4, -0.2) is 5.91 Å². The third-order valence-electron chi connectivity index (χ3n) is 2.95. The van der Waals surface area contributed by atoms with Gasteiger partial charge in [-0.15, -0.1) is 0 Å². The Bertz CT molecular complexity index is 534. The molecule has 0 atom stereocenters. The number of aryl methyl sites for hydroxylation is 1. The summed E-state index contributed by atoms with van der Waals surface area (Å²) >= 11 is 0. The van der Waals surface area contributed by atoms with Crippen molar-refractivity contribution in [3.63, 3.8) is 0 Å². The zero-order valence-electron chi connectivity index (χ0n) is 10.9. The maximum absolute atomic E-state index is 12.0. The minimum atomic E-state index is 0.0164. The van der Waals surface area contributed by atoms with Crippen molar-refractivity contribution in [2.75, 3.05) is 5.32 Å². The number of rotatable bonds is 5. The van der Waals surface area contributed by atoms with Gasteiger partial charge in [-0.25, -0.2) is 0 Å². The van der Waals surface area contributed by atoms with Gasteiger partial charge in [0.05, 0.1) is 6.42 Å². The zero-order chi connectivity index (χ0) is 13.5. The van der Waals surface area contributed by atoms with E-state index >= 15 is 0 Å². The molecule has 97 valence electrons. The van der Waals surface area contributed by atoms with E-state index in [1.165, 1.54) is 0 Å². The first-order valence-electron chi connectivity index (χ1n) is 6.50. The molecule has 0 aromatic heterocycles. The van der Waals surface area contributed by atoms with E-state index in [9.17, 15) is 4.79 Å². The van der Waals surface area contributed by atoms with Crippen molar-refractivity contribution in [2.24, 2.45) is 0 Å². The lowest BCUT2D eigenvalue weighted by Crippen LogP contribution is -2.15. The van der Waals surface area contributed by atoms with Gasteiger partial charge in [0.15, 0.2) is 0 Å². The molecule has 0 heterocycles. The summed E-state index contributed by atoms with van der Waals surface area (Å²) in [5.41, 5.74) is 3.06. The molecule has 0 fully saturated rings. The third-order valence-corrected chi connectivity index (χ3v) is 2.95. The van der Waals surface area contributed by atoms with Gasteiger partial charge in [0.25, 0.3) is 0 Å². The third kappa shape index (κ3) is 3.95. The van der Waals surface area contributed by atoms with Crippen LogP contribution in [0.2, 0.25) is 0 Å². The molecule has 0 saturated heterocycles. The van der Waals surface area contributed by atoms with Gasteiger partial charge in [0.1, 0.15) is 0 Å². The first kappa shape index (κ1) is 13.3. The summed E-state index contributed by atoms with van der Waals surface area (Å²) in [5, 5.41) is 2.98. The standard InChI is InChI=1S/C17H18NO/c1-2-8-15-11-6-7-12-16(15)18-17(19)13-14-9-4-3-5-10-14/h3-7,9-12H,1-2,8,13H2,(H,18,19). The van der Waals surface area contributed by atoms with Gasteiger partial charge in [-0.2, -0.15) is 0 Å². The summed E-state index contributed by atoms with van der Waals surface area (Å²) in [5.74, 6) is 0.0164. The molecule has 0 aliphatic carbocycles. The number of carbonyl (C=O) groups excluding carboxylic acids is 1. The van der Waals surface area contributed by atoms with Gasteiger partial charge in [-0.05, 0) is 30.0 Å². The fourth-order valence-corrected chi connectivity index (χ4v) is 2.03. The summed E-state index contributed by atoms with van der Waals surface area (Å²) < 4.78 is 0. The molecule has 0 spiro atoms. The van der Waals surface area contributed by atoms with Crippen LogP contribution in [0.5, 0.6) is 0 Å². The summed E-state index contributed by atoms with van der Waals surface area (Å²) in [6.45, 7) is 3.86. The van der Waals surface area contributed by atoms with Crippen molar-refractivity contribution in [1.82, 2.24) is 0 Å². The van der Waals surface area contributed by atoms with Crippen LogP contribution in [0.15, 0.2) is 54.6 Å². The van der Waals surface area contributed by atoms with E-state index in [4.69, 9.17) is 0 Å². The van der Waals surface area contributed by atoms with Gasteiger partial charge in [-0.1, -0.05) is 55.5 Å². The molecule has 2 aromatic carbocycles. The molecule has 0 unspecified atom stereocenters. The minimum Gasteiger partial charge on any atom is -0.326 e. The summed E-state index contributed by atoms with van der Waals surface area (Å²) in [4.78, 5) is 12.0. The smallest absolute Gasteiger partial charge is 0.228 e. The second kappa shape index (κ2) is 6.74. The fourth-order valence-electron chi connectivity index (χ4n) is 2.03. The van der Waals surface area contributed by atoms with Gasteiger partial charge in [0, 0.05) is 5.69 Å². The molecule has 2 heteroatoms. The molecule has 0 bridgehead atoms. The maximum atomic E-state index is 12.0. The highest BCUT2D eigenvalue weighted by atomic mass is 16.1. The van der Waals surface area contributed by atoms with Crippen molar-refractivity contribution >= 4 is 11.6 Å². The molecule has 1 N–H and O–H groups in total. The highest BCUT2D eigenvalue weighted by molar-refractivity contribution is 5.92. The first-order chi connectivity index (χ1) is 9.29. The molecule has 2 aromatic rings. The number of hydrogen-bond donors (Lipinski definition) is 1. The molecule has 19 heavy (non-hydrogen) atoms. The van der Waals surface area contributed by atoms with Crippen molar-refractivity contribution in [1.29, 1.82) is 0 Å². The maximum Gasteiger partial charge on any atom is 0.228 e. The van der Waals surface area contributed by atoms with Crippen LogP contribution in [0.4, 0.5) is 5.69 Å². The Morgan fingerprint density at radius 3 is 2.42 bits per heavy atom. The highest BCUT2D eigenvalue weighted by Gasteiger charge is 2.06. The van der Waals surface area contributed by atoms with Crippen LogP contribution < -0.4 is 5.32 Å². The van der Waals surface area contributed by atoms with Gasteiger partial charge < -0.3 is 5.32 Å². The molecular weight excluding hydrogens is 234 g/mol. The number of anilines is 1. The predicted molar refractivity (Wildman–Crippen MR) is 78.9 cm³/mol. The van der Waals surface area contributed by atoms with E-state index < -0.39 is 0 Å². The van der Waals surface area contributed by atoms with Gasteiger partial charge in [-0.3, -0.25) is 4.79 Å². The number of amides is 1. The van der Waals surface area contributed by atoms with Crippen LogP contribution in [-0.2, 0) is 17.6 Å². The molecule has 0 aliphatic rings. The lowest BCUT2D eigenvalue weighted by atomic mass is 10.1. The molecular formula is C17H18NO. The van der Waals surface area contributed by atoms with Crippen LogP contribution in [0.3, 0.4) is 0 Å². The summed E-state index contributed by atoms with van der Waals surface area (Å²) in [6.07, 6.45) is 2.10. The number of benzene rings is 2. The average Bonchev–Trinajstić information content (AvgIpc) is 2.42. The summed E-state index contributed by atoms with van der Waals surface area (Å²) in [6, 6.07) is 17.6. The number of hydrogen-bond acceptors (Lipinski definition) is 1. The SMILES string of the molecule is [CH2]CCc1ccccc1NC(=O)Cc1ccccc1. The monoisotopic (exact) mass is 252 g/mol. The highest BCUT2D eigenvalue weighted by Crippen LogP contribution is 2.17. The van der Waals surface area contributed by atoms with Crippen LogP contribution in [0.25, 0.3) is 0 Å². The van der Waals surface area contributed by atoms with Crippen LogP contribution in [0, 0.1) is 6.92 Å². The fraction of sp³-hybridized carbons (Fsp3) is 0.176. The summed E-state index contributed by atoms with van der Waals surface area (Å²) in [7, 11) is 0. The zero-order valence-corrected chi connectivity index (χ0v) is 10.9. The Hall–Kier alpha value is -2.09. The van der Waals surface area contributed by atoms with E-state index in [2.05, 4.69) is 12.2 Å². The van der Waals surface area contributed by atoms with E-state index in [1.54, 1.807) is 0 Å². The average molecular weight is 252 g/mol. The van der Waals surface area contributed by atoms with E-state index in [-0.39, 0.29) is 5.91 Å². The Morgan fingerprint density at radius 2 is 1.68 bits per heavy atom. The molecule has 2 nitrogen and oxygen atoms in total. The normalized spacial score (nSPS) is 10.2. The molecule has 1 radical (unpaired) electrons. The second-order valence-corrected chi connectivity index (χ2v) is 4.47. The number of carbonyl (C=O) groups is 1. The van der Waals surface area contributed by atoms with Gasteiger partial charge >= 0.3 is 0 Å². The molecule has 0 aliphatic heterocycles.